The molecule has 0 aliphatic carbocycles. The predicted molar refractivity (Wildman–Crippen MR) is 113 cm³/mol. The molecule has 1 amide bonds. The molecule has 1 aromatic carbocycles. The summed E-state index contributed by atoms with van der Waals surface area (Å²) in [6.45, 7) is 6.09. The number of fused-ring (bicyclic) bond motifs is 1. The van der Waals surface area contributed by atoms with E-state index in [1.165, 1.54) is 0 Å². The molecule has 2 saturated heterocycles. The van der Waals surface area contributed by atoms with Crippen molar-refractivity contribution in [3.63, 3.8) is 0 Å². The largest absolute Gasteiger partial charge is 0.391 e. The van der Waals surface area contributed by atoms with Crippen molar-refractivity contribution in [2.24, 2.45) is 0 Å². The molecule has 29 heavy (non-hydrogen) atoms. The first-order valence-electron chi connectivity index (χ1n) is 10.4. The summed E-state index contributed by atoms with van der Waals surface area (Å²) in [5, 5.41) is 16.6. The van der Waals surface area contributed by atoms with E-state index in [4.69, 9.17) is 9.93 Å². The zero-order valence-electron chi connectivity index (χ0n) is 17.2. The molecule has 2 aliphatic heterocycles. The normalized spacial score (nSPS) is 21.1. The Morgan fingerprint density at radius 3 is 2.76 bits per heavy atom. The van der Waals surface area contributed by atoms with Crippen LogP contribution in [0.2, 0.25) is 0 Å². The van der Waals surface area contributed by atoms with Crippen molar-refractivity contribution in [1.29, 1.82) is 5.41 Å². The van der Waals surface area contributed by atoms with E-state index < -0.39 is 0 Å². The van der Waals surface area contributed by atoms with Gasteiger partial charge in [0.15, 0.2) is 5.58 Å². The summed E-state index contributed by atoms with van der Waals surface area (Å²) in [7, 11) is 1.80. The van der Waals surface area contributed by atoms with Gasteiger partial charge in [0.25, 0.3) is 5.91 Å². The summed E-state index contributed by atoms with van der Waals surface area (Å²) in [6.07, 6.45) is 2.74. The molecule has 0 bridgehead atoms. The Balaban J connectivity index is 1.32. The first-order valence-corrected chi connectivity index (χ1v) is 10.4. The van der Waals surface area contributed by atoms with E-state index in [9.17, 15) is 4.79 Å². The Bertz CT molecular complexity index is 940. The number of nitrogens with one attached hydrogen (secondary N) is 2. The van der Waals surface area contributed by atoms with Crippen LogP contribution in [0.25, 0.3) is 11.0 Å². The number of rotatable bonds is 5. The zero-order chi connectivity index (χ0) is 20.4. The molecule has 2 aromatic rings. The molecule has 154 valence electrons. The minimum absolute atomic E-state index is 0.0166. The van der Waals surface area contributed by atoms with E-state index in [-0.39, 0.29) is 5.91 Å². The van der Waals surface area contributed by atoms with Gasteiger partial charge in [-0.1, -0.05) is 17.3 Å². The first-order chi connectivity index (χ1) is 14.1. The quantitative estimate of drug-likeness (QED) is 0.761. The number of para-hydroxylation sites is 1. The second-order valence-corrected chi connectivity index (χ2v) is 7.95. The van der Waals surface area contributed by atoms with E-state index in [0.29, 0.717) is 36.7 Å². The van der Waals surface area contributed by atoms with Crippen molar-refractivity contribution in [3.05, 3.63) is 41.2 Å². The summed E-state index contributed by atoms with van der Waals surface area (Å²) in [5.41, 5.74) is 3.71. The van der Waals surface area contributed by atoms with Crippen LogP contribution in [0.1, 0.15) is 37.8 Å². The van der Waals surface area contributed by atoms with Crippen LogP contribution in [-0.2, 0) is 4.79 Å². The Morgan fingerprint density at radius 1 is 1.24 bits per heavy atom. The van der Waals surface area contributed by atoms with Crippen LogP contribution in [0.5, 0.6) is 0 Å². The van der Waals surface area contributed by atoms with Crippen LogP contribution in [0, 0.1) is 5.41 Å². The maximum Gasteiger partial charge on any atom is 0.257 e. The number of likely N-dealkylation sites (tertiary alicyclic amines) is 2. The van der Waals surface area contributed by atoms with Gasteiger partial charge in [-0.25, -0.2) is 0 Å². The van der Waals surface area contributed by atoms with Gasteiger partial charge in [0, 0.05) is 55.8 Å². The average Bonchev–Trinajstić information content (AvgIpc) is 3.17. The van der Waals surface area contributed by atoms with Gasteiger partial charge in [-0.15, -0.1) is 0 Å². The molecule has 2 fully saturated rings. The number of amides is 1. The van der Waals surface area contributed by atoms with E-state index in [0.717, 1.165) is 54.8 Å². The molecule has 0 radical (unpaired) electrons. The number of piperidine rings is 2. The SMILES string of the molecule is CN/C(C)=C1\C(=N)CCN(CCN2CCC(c3noc4ccccc34)CC2)C1=O. The molecule has 7 nitrogen and oxygen atoms in total. The number of hydrogen-bond donors (Lipinski definition) is 2. The maximum atomic E-state index is 12.8. The lowest BCUT2D eigenvalue weighted by Gasteiger charge is -2.35. The van der Waals surface area contributed by atoms with E-state index in [2.05, 4.69) is 21.4 Å². The standard InChI is InChI=1S/C22H29N5O2/c1-15(24-2)20-18(23)9-12-27(22(20)28)14-13-26-10-7-16(8-11-26)21-17-5-3-4-6-19(17)29-25-21/h3-6,16,23-24H,7-14H2,1-2H3/b20-15+,23-18?. The Morgan fingerprint density at radius 2 is 2.00 bits per heavy atom. The predicted octanol–water partition coefficient (Wildman–Crippen LogP) is 2.75. The van der Waals surface area contributed by atoms with Crippen molar-refractivity contribution in [3.8, 4) is 0 Å². The van der Waals surface area contributed by atoms with Crippen LogP contribution >= 0.6 is 0 Å². The van der Waals surface area contributed by atoms with Gasteiger partial charge in [-0.05, 0) is 45.0 Å². The number of carbonyl (C=O) groups is 1. The van der Waals surface area contributed by atoms with Crippen LogP contribution in [-0.4, -0.2) is 66.3 Å². The summed E-state index contributed by atoms with van der Waals surface area (Å²) >= 11 is 0. The maximum absolute atomic E-state index is 12.8. The van der Waals surface area contributed by atoms with E-state index in [1.54, 1.807) is 7.05 Å². The fourth-order valence-corrected chi connectivity index (χ4v) is 4.38. The molecule has 4 rings (SSSR count). The molecule has 0 spiro atoms. The number of aromatic nitrogens is 1. The van der Waals surface area contributed by atoms with E-state index >= 15 is 0 Å². The summed E-state index contributed by atoms with van der Waals surface area (Å²) < 4.78 is 5.48. The van der Waals surface area contributed by atoms with Gasteiger partial charge in [0.1, 0.15) is 0 Å². The molecule has 7 heteroatoms. The number of nitrogens with zero attached hydrogens (tertiary/aromatic N) is 3. The number of carbonyl (C=O) groups excluding carboxylic acids is 1. The molecule has 2 aliphatic rings. The fraction of sp³-hybridized carbons (Fsp3) is 0.500. The molecular formula is C22H29N5O2. The molecule has 2 N–H and O–H groups in total. The summed E-state index contributed by atoms with van der Waals surface area (Å²) in [6, 6.07) is 8.06. The first kappa shape index (κ1) is 19.6. The second kappa shape index (κ2) is 8.37. The van der Waals surface area contributed by atoms with Crippen LogP contribution in [0.4, 0.5) is 0 Å². The lowest BCUT2D eigenvalue weighted by molar-refractivity contribution is -0.127. The Kier molecular flexibility index (Phi) is 5.67. The second-order valence-electron chi connectivity index (χ2n) is 7.95. The zero-order valence-corrected chi connectivity index (χ0v) is 17.2. The van der Waals surface area contributed by atoms with Crippen LogP contribution < -0.4 is 5.32 Å². The van der Waals surface area contributed by atoms with Gasteiger partial charge >= 0.3 is 0 Å². The topological polar surface area (TPSA) is 85.5 Å². The Hall–Kier alpha value is -2.67. The van der Waals surface area contributed by atoms with Crippen LogP contribution in [0.15, 0.2) is 40.1 Å². The molecule has 0 unspecified atom stereocenters. The lowest BCUT2D eigenvalue weighted by atomic mass is 9.91. The Labute approximate surface area is 171 Å². The van der Waals surface area contributed by atoms with Crippen molar-refractivity contribution in [1.82, 2.24) is 20.3 Å². The fourth-order valence-electron chi connectivity index (χ4n) is 4.38. The molecular weight excluding hydrogens is 366 g/mol. The third-order valence-electron chi connectivity index (χ3n) is 6.25. The van der Waals surface area contributed by atoms with Gasteiger partial charge < -0.3 is 25.0 Å². The highest BCUT2D eigenvalue weighted by Crippen LogP contribution is 2.32. The van der Waals surface area contributed by atoms with Crippen molar-refractivity contribution in [2.45, 2.75) is 32.1 Å². The number of hydrogen-bond acceptors (Lipinski definition) is 6. The lowest BCUT2D eigenvalue weighted by Crippen LogP contribution is -2.46. The van der Waals surface area contributed by atoms with Gasteiger partial charge in [-0.2, -0.15) is 0 Å². The molecule has 3 heterocycles. The van der Waals surface area contributed by atoms with Crippen LogP contribution in [0.3, 0.4) is 0 Å². The minimum atomic E-state index is -0.0166. The summed E-state index contributed by atoms with van der Waals surface area (Å²) in [4.78, 5) is 17.1. The number of benzene rings is 1. The van der Waals surface area contributed by atoms with Gasteiger partial charge in [0.05, 0.1) is 11.3 Å². The van der Waals surface area contributed by atoms with Gasteiger partial charge in [0.2, 0.25) is 0 Å². The third kappa shape index (κ3) is 3.92. The monoisotopic (exact) mass is 395 g/mol. The highest BCUT2D eigenvalue weighted by molar-refractivity contribution is 6.22. The smallest absolute Gasteiger partial charge is 0.257 e. The van der Waals surface area contributed by atoms with Crippen molar-refractivity contribution < 1.29 is 9.32 Å². The molecule has 1 aromatic heterocycles. The molecule has 0 saturated carbocycles. The third-order valence-corrected chi connectivity index (χ3v) is 6.25. The van der Waals surface area contributed by atoms with Gasteiger partial charge in [-0.3, -0.25) is 4.79 Å². The van der Waals surface area contributed by atoms with E-state index in [1.807, 2.05) is 30.0 Å². The highest BCUT2D eigenvalue weighted by atomic mass is 16.5. The summed E-state index contributed by atoms with van der Waals surface area (Å²) in [5.74, 6) is 0.414. The molecule has 0 atom stereocenters. The number of allylic oxidation sites excluding steroid dienone is 1. The average molecular weight is 396 g/mol. The highest BCUT2D eigenvalue weighted by Gasteiger charge is 2.30. The van der Waals surface area contributed by atoms with Crippen molar-refractivity contribution >= 4 is 22.6 Å². The minimum Gasteiger partial charge on any atom is -0.391 e. The van der Waals surface area contributed by atoms with Crippen molar-refractivity contribution in [2.75, 3.05) is 39.8 Å².